The Morgan fingerprint density at radius 3 is 2.42 bits per heavy atom. The highest BCUT2D eigenvalue weighted by atomic mass is 19.4. The maximum Gasteiger partial charge on any atom is 0.417 e. The van der Waals surface area contributed by atoms with Crippen LogP contribution < -0.4 is 4.90 Å². The van der Waals surface area contributed by atoms with Crippen molar-refractivity contribution in [3.8, 4) is 11.9 Å². The van der Waals surface area contributed by atoms with Crippen LogP contribution in [0, 0.1) is 18.3 Å². The van der Waals surface area contributed by atoms with Gasteiger partial charge in [-0.1, -0.05) is 0 Å². The molecule has 1 amide bonds. The first-order chi connectivity index (χ1) is 15.8. The van der Waals surface area contributed by atoms with Gasteiger partial charge in [-0.3, -0.25) is 4.79 Å². The van der Waals surface area contributed by atoms with Crippen LogP contribution in [0.4, 0.5) is 18.9 Å². The van der Waals surface area contributed by atoms with Gasteiger partial charge in [-0.25, -0.2) is 9.67 Å². The number of nitriles is 1. The predicted octanol–water partition coefficient (Wildman–Crippen LogP) is 3.82. The summed E-state index contributed by atoms with van der Waals surface area (Å²) in [5.41, 5.74) is 1.66. The fourth-order valence-electron chi connectivity index (χ4n) is 3.83. The van der Waals surface area contributed by atoms with Gasteiger partial charge in [0.1, 0.15) is 0 Å². The molecule has 10 heteroatoms. The molecule has 0 bridgehead atoms. The van der Waals surface area contributed by atoms with Gasteiger partial charge in [0.05, 0.1) is 34.7 Å². The average Bonchev–Trinajstić information content (AvgIpc) is 3.03. The van der Waals surface area contributed by atoms with E-state index in [9.17, 15) is 18.0 Å². The van der Waals surface area contributed by atoms with Crippen molar-refractivity contribution in [2.24, 2.45) is 0 Å². The van der Waals surface area contributed by atoms with Crippen molar-refractivity contribution in [2.45, 2.75) is 19.5 Å². The fourth-order valence-corrected chi connectivity index (χ4v) is 3.83. The molecule has 1 aliphatic rings. The van der Waals surface area contributed by atoms with E-state index in [0.717, 1.165) is 30.9 Å². The summed E-state index contributed by atoms with van der Waals surface area (Å²) in [4.78, 5) is 21.0. The molecule has 2 aromatic heterocycles. The van der Waals surface area contributed by atoms with E-state index in [1.165, 1.54) is 16.9 Å². The van der Waals surface area contributed by atoms with Crippen LogP contribution in [-0.2, 0) is 6.18 Å². The molecular weight excluding hydrogens is 433 g/mol. The van der Waals surface area contributed by atoms with E-state index < -0.39 is 11.7 Å². The van der Waals surface area contributed by atoms with Gasteiger partial charge >= 0.3 is 6.18 Å². The molecule has 0 radical (unpaired) electrons. The lowest BCUT2D eigenvalue weighted by molar-refractivity contribution is -0.137. The van der Waals surface area contributed by atoms with Gasteiger partial charge in [-0.2, -0.15) is 23.5 Å². The highest BCUT2D eigenvalue weighted by molar-refractivity contribution is 5.95. The molecule has 0 saturated carbocycles. The normalized spacial score (nSPS) is 14.6. The van der Waals surface area contributed by atoms with Gasteiger partial charge in [-0.15, -0.1) is 0 Å². The standard InChI is InChI=1S/C23H21F3N6O/c1-16-20(15-29-32(16)21-8-5-18(14-28-21)23(24,25)26)22(33)31-10-2-9-30(11-12-31)19-6-3-17(13-27)4-7-19/h3-8,14-15H,2,9-12H2,1H3. The molecular formula is C23H21F3N6O. The molecule has 33 heavy (non-hydrogen) atoms. The van der Waals surface area contributed by atoms with E-state index in [1.807, 2.05) is 12.1 Å². The van der Waals surface area contributed by atoms with Gasteiger partial charge in [-0.05, 0) is 49.7 Å². The molecule has 0 spiro atoms. The Balaban J connectivity index is 1.47. The van der Waals surface area contributed by atoms with Gasteiger partial charge in [0.25, 0.3) is 5.91 Å². The topological polar surface area (TPSA) is 78.0 Å². The van der Waals surface area contributed by atoms with Gasteiger partial charge < -0.3 is 9.80 Å². The van der Waals surface area contributed by atoms with Crippen LogP contribution in [0.3, 0.4) is 0 Å². The highest BCUT2D eigenvalue weighted by Gasteiger charge is 2.31. The number of carbonyl (C=O) groups excluding carboxylic acids is 1. The quantitative estimate of drug-likeness (QED) is 0.601. The molecule has 1 saturated heterocycles. The summed E-state index contributed by atoms with van der Waals surface area (Å²) in [6.07, 6.45) is -1.51. The third-order valence-electron chi connectivity index (χ3n) is 5.68. The van der Waals surface area contributed by atoms with Crippen molar-refractivity contribution < 1.29 is 18.0 Å². The maximum atomic E-state index is 13.2. The summed E-state index contributed by atoms with van der Waals surface area (Å²) in [6, 6.07) is 11.6. The lowest BCUT2D eigenvalue weighted by Crippen LogP contribution is -2.35. The zero-order chi connectivity index (χ0) is 23.6. The largest absolute Gasteiger partial charge is 0.417 e. The Hall–Kier alpha value is -3.87. The van der Waals surface area contributed by atoms with Crippen LogP contribution in [0.1, 0.15) is 33.6 Å². The monoisotopic (exact) mass is 454 g/mol. The zero-order valence-corrected chi connectivity index (χ0v) is 17.9. The summed E-state index contributed by atoms with van der Waals surface area (Å²) in [7, 11) is 0. The van der Waals surface area contributed by atoms with Crippen LogP contribution in [0.5, 0.6) is 0 Å². The first-order valence-electron chi connectivity index (χ1n) is 10.4. The van der Waals surface area contributed by atoms with Crippen molar-refractivity contribution >= 4 is 11.6 Å². The summed E-state index contributed by atoms with van der Waals surface area (Å²) >= 11 is 0. The van der Waals surface area contributed by atoms with Crippen molar-refractivity contribution in [2.75, 3.05) is 31.1 Å². The molecule has 1 aromatic carbocycles. The van der Waals surface area contributed by atoms with Crippen molar-refractivity contribution in [3.63, 3.8) is 0 Å². The lowest BCUT2D eigenvalue weighted by atomic mass is 10.2. The van der Waals surface area contributed by atoms with Crippen LogP contribution >= 0.6 is 0 Å². The molecule has 3 aromatic rings. The number of rotatable bonds is 3. The summed E-state index contributed by atoms with van der Waals surface area (Å²) in [5.74, 6) is 0.0368. The van der Waals surface area contributed by atoms with Gasteiger partial charge in [0.15, 0.2) is 5.82 Å². The Labute approximate surface area is 188 Å². The molecule has 4 rings (SSSR count). The van der Waals surface area contributed by atoms with E-state index in [1.54, 1.807) is 24.0 Å². The third-order valence-corrected chi connectivity index (χ3v) is 5.68. The molecule has 0 aliphatic carbocycles. The second-order valence-corrected chi connectivity index (χ2v) is 7.75. The Morgan fingerprint density at radius 1 is 1.03 bits per heavy atom. The predicted molar refractivity (Wildman–Crippen MR) is 115 cm³/mol. The Kier molecular flexibility index (Phi) is 6.05. The molecule has 7 nitrogen and oxygen atoms in total. The number of amides is 1. The van der Waals surface area contributed by atoms with E-state index in [-0.39, 0.29) is 11.7 Å². The molecule has 0 unspecified atom stereocenters. The molecule has 0 atom stereocenters. The summed E-state index contributed by atoms with van der Waals surface area (Å²) in [5, 5.41) is 13.2. The van der Waals surface area contributed by atoms with Crippen LogP contribution in [0.15, 0.2) is 48.8 Å². The number of nitrogens with zero attached hydrogens (tertiary/aromatic N) is 6. The molecule has 3 heterocycles. The van der Waals surface area contributed by atoms with E-state index in [0.29, 0.717) is 36.5 Å². The zero-order valence-electron chi connectivity index (χ0n) is 17.9. The Bertz CT molecular complexity index is 1180. The van der Waals surface area contributed by atoms with Gasteiger partial charge in [0, 0.05) is 38.1 Å². The number of alkyl halides is 3. The third kappa shape index (κ3) is 4.67. The number of carbonyl (C=O) groups is 1. The van der Waals surface area contributed by atoms with Crippen molar-refractivity contribution in [1.29, 1.82) is 5.26 Å². The molecule has 1 aliphatic heterocycles. The minimum Gasteiger partial charge on any atom is -0.370 e. The van der Waals surface area contributed by atoms with Crippen molar-refractivity contribution in [3.05, 3.63) is 71.2 Å². The SMILES string of the molecule is Cc1c(C(=O)N2CCCN(c3ccc(C#N)cc3)CC2)cnn1-c1ccc(C(F)(F)F)cn1. The van der Waals surface area contributed by atoms with Crippen molar-refractivity contribution in [1.82, 2.24) is 19.7 Å². The highest BCUT2D eigenvalue weighted by Crippen LogP contribution is 2.29. The van der Waals surface area contributed by atoms with Crippen LogP contribution in [-0.4, -0.2) is 51.8 Å². The van der Waals surface area contributed by atoms with E-state index in [4.69, 9.17) is 5.26 Å². The number of pyridine rings is 1. The second-order valence-electron chi connectivity index (χ2n) is 7.75. The fraction of sp³-hybridized carbons (Fsp3) is 0.304. The van der Waals surface area contributed by atoms with E-state index in [2.05, 4.69) is 21.1 Å². The molecule has 1 fully saturated rings. The first-order valence-corrected chi connectivity index (χ1v) is 10.4. The summed E-state index contributed by atoms with van der Waals surface area (Å²) < 4.78 is 39.7. The first kappa shape index (κ1) is 22.3. The number of hydrogen-bond donors (Lipinski definition) is 0. The smallest absolute Gasteiger partial charge is 0.370 e. The molecule has 0 N–H and O–H groups in total. The minimum atomic E-state index is -4.47. The number of halogens is 3. The second kappa shape index (κ2) is 8.94. The average molecular weight is 454 g/mol. The lowest BCUT2D eigenvalue weighted by Gasteiger charge is -2.23. The number of benzene rings is 1. The Morgan fingerprint density at radius 2 is 1.79 bits per heavy atom. The number of hydrogen-bond acceptors (Lipinski definition) is 5. The summed E-state index contributed by atoms with van der Waals surface area (Å²) in [6.45, 7) is 4.21. The minimum absolute atomic E-state index is 0.174. The maximum absolute atomic E-state index is 13.2. The number of aromatic nitrogens is 3. The number of anilines is 1. The molecule has 170 valence electrons. The van der Waals surface area contributed by atoms with Crippen LogP contribution in [0.2, 0.25) is 0 Å². The van der Waals surface area contributed by atoms with Gasteiger partial charge in [0.2, 0.25) is 0 Å². The van der Waals surface area contributed by atoms with E-state index >= 15 is 0 Å². The van der Waals surface area contributed by atoms with Crippen LogP contribution in [0.25, 0.3) is 5.82 Å².